The van der Waals surface area contributed by atoms with Crippen LogP contribution >= 0.6 is 0 Å². The molecule has 2 aromatic rings. The number of hydrogen-bond donors (Lipinski definition) is 1. The van der Waals surface area contributed by atoms with Crippen molar-refractivity contribution in [3.05, 3.63) is 47.3 Å². The van der Waals surface area contributed by atoms with Crippen LogP contribution in [0.15, 0.2) is 30.6 Å². The van der Waals surface area contributed by atoms with E-state index < -0.39 is 6.10 Å². The van der Waals surface area contributed by atoms with Gasteiger partial charge in [0.15, 0.2) is 0 Å². The van der Waals surface area contributed by atoms with Crippen molar-refractivity contribution in [2.45, 2.75) is 51.9 Å². The molecule has 4 heteroatoms. The smallest absolute Gasteiger partial charge is 0.129 e. The van der Waals surface area contributed by atoms with Gasteiger partial charge in [-0.05, 0) is 31.9 Å². The quantitative estimate of drug-likeness (QED) is 0.940. The molecule has 1 atom stereocenters. The maximum Gasteiger partial charge on any atom is 0.129 e. The number of aryl methyl sites for hydroxylation is 1. The molecule has 0 spiro atoms. The van der Waals surface area contributed by atoms with Crippen molar-refractivity contribution in [2.24, 2.45) is 0 Å². The van der Waals surface area contributed by atoms with Gasteiger partial charge in [-0.15, -0.1) is 0 Å². The molecule has 4 nitrogen and oxygen atoms in total. The highest BCUT2D eigenvalue weighted by atomic mass is 16.5. The van der Waals surface area contributed by atoms with Gasteiger partial charge in [0.1, 0.15) is 11.4 Å². The third-order valence-corrected chi connectivity index (χ3v) is 3.92. The summed E-state index contributed by atoms with van der Waals surface area (Å²) in [4.78, 5) is 0. The molecule has 0 fully saturated rings. The van der Waals surface area contributed by atoms with E-state index in [0.29, 0.717) is 6.42 Å². The first-order valence-electron chi connectivity index (χ1n) is 7.49. The largest absolute Gasteiger partial charge is 0.487 e. The zero-order valence-electron chi connectivity index (χ0n) is 12.8. The van der Waals surface area contributed by atoms with Crippen LogP contribution in [0.25, 0.3) is 0 Å². The van der Waals surface area contributed by atoms with E-state index in [-0.39, 0.29) is 5.60 Å². The van der Waals surface area contributed by atoms with E-state index in [2.05, 4.69) is 25.0 Å². The zero-order valence-corrected chi connectivity index (χ0v) is 12.8. The van der Waals surface area contributed by atoms with Gasteiger partial charge in [0.25, 0.3) is 0 Å². The van der Waals surface area contributed by atoms with E-state index in [4.69, 9.17) is 4.74 Å². The molecule has 1 unspecified atom stereocenters. The monoisotopic (exact) mass is 286 g/mol. The summed E-state index contributed by atoms with van der Waals surface area (Å²) in [6.45, 7) is 7.05. The molecule has 1 N–H and O–H groups in total. The van der Waals surface area contributed by atoms with Crippen LogP contribution in [0.1, 0.15) is 43.6 Å². The van der Waals surface area contributed by atoms with Gasteiger partial charge in [-0.25, -0.2) is 0 Å². The molecule has 0 radical (unpaired) electrons. The van der Waals surface area contributed by atoms with Crippen LogP contribution in [0.4, 0.5) is 0 Å². The second-order valence-corrected chi connectivity index (χ2v) is 6.30. The minimum absolute atomic E-state index is 0.189. The SMILES string of the molecule is CCn1cc(CC(O)c2cccc3c2OC(C)(C)C3)cn1. The Balaban J connectivity index is 1.83. The third-order valence-electron chi connectivity index (χ3n) is 3.92. The Bertz CT molecular complexity index is 646. The summed E-state index contributed by atoms with van der Waals surface area (Å²) in [6, 6.07) is 6.03. The van der Waals surface area contributed by atoms with Gasteiger partial charge in [-0.2, -0.15) is 5.10 Å². The highest BCUT2D eigenvalue weighted by molar-refractivity contribution is 5.47. The lowest BCUT2D eigenvalue weighted by atomic mass is 9.97. The number of para-hydroxylation sites is 1. The first-order chi connectivity index (χ1) is 9.98. The van der Waals surface area contributed by atoms with Gasteiger partial charge in [-0.1, -0.05) is 18.2 Å². The molecular weight excluding hydrogens is 264 g/mol. The Morgan fingerprint density at radius 3 is 2.95 bits per heavy atom. The molecule has 3 rings (SSSR count). The fourth-order valence-corrected chi connectivity index (χ4v) is 2.92. The van der Waals surface area contributed by atoms with Gasteiger partial charge >= 0.3 is 0 Å². The summed E-state index contributed by atoms with van der Waals surface area (Å²) in [5, 5.41) is 14.8. The zero-order chi connectivity index (χ0) is 15.0. The van der Waals surface area contributed by atoms with Gasteiger partial charge in [-0.3, -0.25) is 4.68 Å². The van der Waals surface area contributed by atoms with Gasteiger partial charge in [0.2, 0.25) is 0 Å². The van der Waals surface area contributed by atoms with E-state index in [0.717, 1.165) is 29.8 Å². The lowest BCUT2D eigenvalue weighted by molar-refractivity contribution is 0.126. The van der Waals surface area contributed by atoms with Crippen LogP contribution < -0.4 is 4.74 Å². The minimum atomic E-state index is -0.566. The number of hydrogen-bond acceptors (Lipinski definition) is 3. The van der Waals surface area contributed by atoms with Crippen molar-refractivity contribution < 1.29 is 9.84 Å². The average Bonchev–Trinajstić information content (AvgIpc) is 2.99. The summed E-state index contributed by atoms with van der Waals surface area (Å²) in [6.07, 6.45) is 4.68. The number of nitrogens with zero attached hydrogens (tertiary/aromatic N) is 2. The number of aliphatic hydroxyl groups is 1. The fourth-order valence-electron chi connectivity index (χ4n) is 2.92. The standard InChI is InChI=1S/C17H22N2O2/c1-4-19-11-12(10-18-19)8-15(20)14-7-5-6-13-9-17(2,3)21-16(13)14/h5-7,10-11,15,20H,4,8-9H2,1-3H3. The van der Waals surface area contributed by atoms with Crippen molar-refractivity contribution in [1.82, 2.24) is 9.78 Å². The Kier molecular flexibility index (Phi) is 3.49. The second-order valence-electron chi connectivity index (χ2n) is 6.30. The second kappa shape index (κ2) is 5.19. The van der Waals surface area contributed by atoms with Crippen molar-refractivity contribution in [3.63, 3.8) is 0 Å². The molecule has 1 aliphatic heterocycles. The van der Waals surface area contributed by atoms with Crippen molar-refractivity contribution in [2.75, 3.05) is 0 Å². The fraction of sp³-hybridized carbons (Fsp3) is 0.471. The molecule has 1 aliphatic rings. The van der Waals surface area contributed by atoms with Crippen molar-refractivity contribution >= 4 is 0 Å². The van der Waals surface area contributed by atoms with Gasteiger partial charge in [0, 0.05) is 31.1 Å². The summed E-state index contributed by atoms with van der Waals surface area (Å²) >= 11 is 0. The molecule has 112 valence electrons. The molecule has 0 bridgehead atoms. The number of rotatable bonds is 4. The lowest BCUT2D eigenvalue weighted by Gasteiger charge is -2.19. The molecule has 1 aromatic heterocycles. The van der Waals surface area contributed by atoms with Gasteiger partial charge < -0.3 is 9.84 Å². The molecular formula is C17H22N2O2. The molecule has 0 aliphatic carbocycles. The van der Waals surface area contributed by atoms with Crippen LogP contribution in [0, 0.1) is 0 Å². The van der Waals surface area contributed by atoms with Gasteiger partial charge in [0.05, 0.1) is 12.3 Å². The Morgan fingerprint density at radius 2 is 2.24 bits per heavy atom. The van der Waals surface area contributed by atoms with E-state index >= 15 is 0 Å². The molecule has 0 saturated carbocycles. The summed E-state index contributed by atoms with van der Waals surface area (Å²) in [7, 11) is 0. The van der Waals surface area contributed by atoms with Crippen LogP contribution in [-0.4, -0.2) is 20.5 Å². The molecule has 0 amide bonds. The Hall–Kier alpha value is -1.81. The summed E-state index contributed by atoms with van der Waals surface area (Å²) in [5.74, 6) is 0.859. The van der Waals surface area contributed by atoms with Crippen LogP contribution in [0.3, 0.4) is 0 Å². The predicted octanol–water partition coefficient (Wildman–Crippen LogP) is 2.89. The van der Waals surface area contributed by atoms with E-state index in [1.807, 2.05) is 36.1 Å². The Morgan fingerprint density at radius 1 is 1.43 bits per heavy atom. The number of aromatic nitrogens is 2. The molecule has 21 heavy (non-hydrogen) atoms. The number of benzene rings is 1. The molecule has 2 heterocycles. The van der Waals surface area contributed by atoms with E-state index in [9.17, 15) is 5.11 Å². The summed E-state index contributed by atoms with van der Waals surface area (Å²) < 4.78 is 7.90. The minimum Gasteiger partial charge on any atom is -0.487 e. The van der Waals surface area contributed by atoms with Crippen LogP contribution in [-0.2, 0) is 19.4 Å². The highest BCUT2D eigenvalue weighted by Gasteiger charge is 2.32. The maximum absolute atomic E-state index is 10.6. The lowest BCUT2D eigenvalue weighted by Crippen LogP contribution is -2.25. The highest BCUT2D eigenvalue weighted by Crippen LogP contribution is 2.40. The summed E-state index contributed by atoms with van der Waals surface area (Å²) in [5.41, 5.74) is 2.91. The third kappa shape index (κ3) is 2.81. The van der Waals surface area contributed by atoms with Crippen LogP contribution in [0.5, 0.6) is 5.75 Å². The molecule has 1 aromatic carbocycles. The number of fused-ring (bicyclic) bond motifs is 1. The van der Waals surface area contributed by atoms with E-state index in [1.165, 1.54) is 5.56 Å². The Labute approximate surface area is 125 Å². The van der Waals surface area contributed by atoms with Crippen LogP contribution in [0.2, 0.25) is 0 Å². The topological polar surface area (TPSA) is 47.3 Å². The van der Waals surface area contributed by atoms with Crippen molar-refractivity contribution in [3.8, 4) is 5.75 Å². The maximum atomic E-state index is 10.6. The number of aliphatic hydroxyl groups excluding tert-OH is 1. The van der Waals surface area contributed by atoms with E-state index in [1.54, 1.807) is 0 Å². The first-order valence-corrected chi connectivity index (χ1v) is 7.49. The molecule has 0 saturated heterocycles. The van der Waals surface area contributed by atoms with Crippen molar-refractivity contribution in [1.29, 1.82) is 0 Å². The normalized spacial score (nSPS) is 17.3. The predicted molar refractivity (Wildman–Crippen MR) is 81.4 cm³/mol. The number of ether oxygens (including phenoxy) is 1. The first kappa shape index (κ1) is 14.1. The average molecular weight is 286 g/mol.